The summed E-state index contributed by atoms with van der Waals surface area (Å²) in [5.74, 6) is 0.456. The van der Waals surface area contributed by atoms with Crippen molar-refractivity contribution in [1.29, 1.82) is 0 Å². The molecule has 1 saturated heterocycles. The SMILES string of the molecule is NS(=O)(=O)c1ccc(N2CCOCC2)c(C(=O)Nc2cc3c(cc2Cl)OCCCO3)c1. The molecule has 11 heteroatoms. The minimum absolute atomic E-state index is 0.153. The Morgan fingerprint density at radius 1 is 1.03 bits per heavy atom. The third kappa shape index (κ3) is 4.87. The van der Waals surface area contributed by atoms with Crippen LogP contribution >= 0.6 is 11.6 Å². The molecule has 2 aliphatic rings. The van der Waals surface area contributed by atoms with E-state index in [2.05, 4.69) is 5.32 Å². The van der Waals surface area contributed by atoms with Crippen molar-refractivity contribution in [3.8, 4) is 11.5 Å². The maximum absolute atomic E-state index is 13.2. The Labute approximate surface area is 185 Å². The third-order valence-electron chi connectivity index (χ3n) is 4.98. The molecule has 0 aliphatic carbocycles. The van der Waals surface area contributed by atoms with Crippen LogP contribution in [-0.4, -0.2) is 53.8 Å². The van der Waals surface area contributed by atoms with E-state index in [4.69, 9.17) is 31.0 Å². The number of benzene rings is 2. The molecule has 2 aromatic carbocycles. The number of hydrogen-bond acceptors (Lipinski definition) is 7. The third-order valence-corrected chi connectivity index (χ3v) is 6.20. The second kappa shape index (κ2) is 8.91. The molecule has 0 saturated carbocycles. The molecule has 166 valence electrons. The number of hydrogen-bond donors (Lipinski definition) is 2. The van der Waals surface area contributed by atoms with Crippen LogP contribution in [0.2, 0.25) is 5.02 Å². The lowest BCUT2D eigenvalue weighted by Gasteiger charge is -2.30. The standard InChI is InChI=1S/C20H22ClN3O6S/c21-15-11-18-19(30-7-1-6-29-18)12-16(15)23-20(25)14-10-13(31(22,26)27)2-3-17(14)24-4-8-28-9-5-24/h2-3,10-12H,1,4-9H2,(H,23,25)(H2,22,26,27). The number of halogens is 1. The van der Waals surface area contributed by atoms with Gasteiger partial charge < -0.3 is 24.4 Å². The highest BCUT2D eigenvalue weighted by Crippen LogP contribution is 2.38. The normalized spacial score (nSPS) is 16.5. The molecule has 0 atom stereocenters. The van der Waals surface area contributed by atoms with E-state index in [0.717, 1.165) is 6.42 Å². The number of amides is 1. The lowest BCUT2D eigenvalue weighted by Crippen LogP contribution is -2.37. The number of morpholine rings is 1. The summed E-state index contributed by atoms with van der Waals surface area (Å²) in [5.41, 5.74) is 1.07. The molecule has 0 aromatic heterocycles. The average molecular weight is 468 g/mol. The maximum Gasteiger partial charge on any atom is 0.257 e. The predicted octanol–water partition coefficient (Wildman–Crippen LogP) is 2.24. The molecule has 2 aromatic rings. The number of carbonyl (C=O) groups excluding carboxylic acids is 1. The highest BCUT2D eigenvalue weighted by atomic mass is 35.5. The molecule has 1 amide bonds. The molecule has 0 radical (unpaired) electrons. The summed E-state index contributed by atoms with van der Waals surface area (Å²) in [7, 11) is -3.99. The number of rotatable bonds is 4. The lowest BCUT2D eigenvalue weighted by molar-refractivity contribution is 0.102. The number of carbonyl (C=O) groups is 1. The van der Waals surface area contributed by atoms with Gasteiger partial charge in [0.05, 0.1) is 47.6 Å². The topological polar surface area (TPSA) is 120 Å². The van der Waals surface area contributed by atoms with Crippen molar-refractivity contribution in [2.45, 2.75) is 11.3 Å². The molecule has 4 rings (SSSR count). The Balaban J connectivity index is 1.69. The summed E-state index contributed by atoms with van der Waals surface area (Å²) in [6.45, 7) is 3.15. The zero-order valence-corrected chi connectivity index (χ0v) is 18.2. The fourth-order valence-electron chi connectivity index (χ4n) is 3.42. The second-order valence-corrected chi connectivity index (χ2v) is 9.08. The lowest BCUT2D eigenvalue weighted by atomic mass is 10.1. The van der Waals surface area contributed by atoms with E-state index in [-0.39, 0.29) is 15.5 Å². The highest BCUT2D eigenvalue weighted by molar-refractivity contribution is 7.89. The molecule has 3 N–H and O–H groups in total. The van der Waals surface area contributed by atoms with E-state index >= 15 is 0 Å². The fourth-order valence-corrected chi connectivity index (χ4v) is 4.16. The average Bonchev–Trinajstić information content (AvgIpc) is 2.98. The van der Waals surface area contributed by atoms with Gasteiger partial charge in [-0.15, -0.1) is 0 Å². The van der Waals surface area contributed by atoms with Gasteiger partial charge in [0.25, 0.3) is 5.91 Å². The summed E-state index contributed by atoms with van der Waals surface area (Å²) in [4.78, 5) is 15.0. The van der Waals surface area contributed by atoms with Gasteiger partial charge in [0.15, 0.2) is 11.5 Å². The molecule has 0 spiro atoms. The molecular weight excluding hydrogens is 446 g/mol. The second-order valence-electron chi connectivity index (χ2n) is 7.11. The first-order valence-electron chi connectivity index (χ1n) is 9.73. The molecule has 2 aliphatic heterocycles. The molecule has 1 fully saturated rings. The Bertz CT molecular complexity index is 1100. The van der Waals surface area contributed by atoms with Crippen molar-refractivity contribution < 1.29 is 27.4 Å². The van der Waals surface area contributed by atoms with Crippen molar-refractivity contribution in [2.24, 2.45) is 5.14 Å². The monoisotopic (exact) mass is 467 g/mol. The number of ether oxygens (including phenoxy) is 3. The van der Waals surface area contributed by atoms with E-state index in [9.17, 15) is 13.2 Å². The molecular formula is C20H22ClN3O6S. The van der Waals surface area contributed by atoms with Crippen molar-refractivity contribution in [1.82, 2.24) is 0 Å². The summed E-state index contributed by atoms with van der Waals surface area (Å²) in [6, 6.07) is 7.42. The predicted molar refractivity (Wildman–Crippen MR) is 116 cm³/mol. The molecule has 31 heavy (non-hydrogen) atoms. The van der Waals surface area contributed by atoms with Gasteiger partial charge in [0, 0.05) is 37.3 Å². The van der Waals surface area contributed by atoms with Crippen molar-refractivity contribution >= 4 is 38.9 Å². The van der Waals surface area contributed by atoms with Gasteiger partial charge >= 0.3 is 0 Å². The van der Waals surface area contributed by atoms with Gasteiger partial charge in [-0.25, -0.2) is 13.6 Å². The minimum atomic E-state index is -3.99. The van der Waals surface area contributed by atoms with E-state index in [1.54, 1.807) is 18.2 Å². The van der Waals surface area contributed by atoms with Crippen LogP contribution in [0.4, 0.5) is 11.4 Å². The van der Waals surface area contributed by atoms with Crippen LogP contribution in [0.5, 0.6) is 11.5 Å². The Hall–Kier alpha value is -2.53. The van der Waals surface area contributed by atoms with E-state index in [1.807, 2.05) is 4.90 Å². The smallest absolute Gasteiger partial charge is 0.257 e. The van der Waals surface area contributed by atoms with Crippen LogP contribution in [-0.2, 0) is 14.8 Å². The highest BCUT2D eigenvalue weighted by Gasteiger charge is 2.23. The quantitative estimate of drug-likeness (QED) is 0.707. The number of sulfonamides is 1. The first-order valence-corrected chi connectivity index (χ1v) is 11.7. The van der Waals surface area contributed by atoms with Gasteiger partial charge in [-0.2, -0.15) is 0 Å². The number of fused-ring (bicyclic) bond motifs is 1. The van der Waals surface area contributed by atoms with Crippen LogP contribution in [0.15, 0.2) is 35.2 Å². The van der Waals surface area contributed by atoms with Crippen LogP contribution in [0.1, 0.15) is 16.8 Å². The Morgan fingerprint density at radius 2 is 1.71 bits per heavy atom. The molecule has 0 unspecified atom stereocenters. The van der Waals surface area contributed by atoms with Crippen LogP contribution in [0.3, 0.4) is 0 Å². The first kappa shape index (κ1) is 21.7. The van der Waals surface area contributed by atoms with E-state index in [0.29, 0.717) is 62.4 Å². The number of nitrogens with zero attached hydrogens (tertiary/aromatic N) is 1. The summed E-state index contributed by atoms with van der Waals surface area (Å²) in [5, 5.41) is 8.30. The number of anilines is 2. The number of nitrogens with two attached hydrogens (primary N) is 1. The van der Waals surface area contributed by atoms with Crippen LogP contribution < -0.4 is 24.8 Å². The molecule has 0 bridgehead atoms. The van der Waals surface area contributed by atoms with E-state index < -0.39 is 15.9 Å². The van der Waals surface area contributed by atoms with E-state index in [1.165, 1.54) is 12.1 Å². The van der Waals surface area contributed by atoms with Gasteiger partial charge in [-0.1, -0.05) is 11.6 Å². The Morgan fingerprint density at radius 3 is 2.39 bits per heavy atom. The summed E-state index contributed by atoms with van der Waals surface area (Å²) >= 11 is 6.35. The zero-order valence-electron chi connectivity index (χ0n) is 16.6. The molecule has 9 nitrogen and oxygen atoms in total. The zero-order chi connectivity index (χ0) is 22.0. The van der Waals surface area contributed by atoms with Gasteiger partial charge in [0.2, 0.25) is 10.0 Å². The number of nitrogens with one attached hydrogen (secondary N) is 1. The number of primary sulfonamides is 1. The Kier molecular flexibility index (Phi) is 6.24. The van der Waals surface area contributed by atoms with Crippen molar-refractivity contribution in [2.75, 3.05) is 49.7 Å². The largest absolute Gasteiger partial charge is 0.490 e. The first-order chi connectivity index (χ1) is 14.8. The maximum atomic E-state index is 13.2. The summed E-state index contributed by atoms with van der Waals surface area (Å²) in [6.07, 6.45) is 0.733. The van der Waals surface area contributed by atoms with Gasteiger partial charge in [-0.3, -0.25) is 4.79 Å². The molecule has 2 heterocycles. The van der Waals surface area contributed by atoms with Crippen molar-refractivity contribution in [3.05, 3.63) is 40.9 Å². The minimum Gasteiger partial charge on any atom is -0.490 e. The van der Waals surface area contributed by atoms with Crippen LogP contribution in [0.25, 0.3) is 0 Å². The van der Waals surface area contributed by atoms with Gasteiger partial charge in [-0.05, 0) is 18.2 Å². The fraction of sp³-hybridized carbons (Fsp3) is 0.350. The van der Waals surface area contributed by atoms with Gasteiger partial charge in [0.1, 0.15) is 0 Å². The van der Waals surface area contributed by atoms with Crippen LogP contribution in [0, 0.1) is 0 Å². The van der Waals surface area contributed by atoms with Crippen molar-refractivity contribution in [3.63, 3.8) is 0 Å². The summed E-state index contributed by atoms with van der Waals surface area (Å²) < 4.78 is 40.4.